The molecule has 0 fully saturated rings. The van der Waals surface area contributed by atoms with Crippen LogP contribution in [-0.2, 0) is 9.53 Å². The van der Waals surface area contributed by atoms with E-state index in [1.165, 1.54) is 4.90 Å². The van der Waals surface area contributed by atoms with E-state index in [2.05, 4.69) is 4.74 Å². The third kappa shape index (κ3) is 9.17. The number of thiocarbonyl (C=S) groups is 1. The van der Waals surface area contributed by atoms with Gasteiger partial charge in [-0.05, 0) is 6.42 Å². The zero-order chi connectivity index (χ0) is 14.2. The SMILES string of the molecule is CCCN(CC(N)=S)C(=O)CCOCC(F)(F)F. The van der Waals surface area contributed by atoms with Crippen LogP contribution in [0.1, 0.15) is 19.8 Å². The minimum absolute atomic E-state index is 0.112. The first-order chi connectivity index (χ1) is 8.26. The maximum absolute atomic E-state index is 11.8. The third-order valence-electron chi connectivity index (χ3n) is 1.92. The molecular formula is C10H17F3N2O2S. The second kappa shape index (κ2) is 8.25. The summed E-state index contributed by atoms with van der Waals surface area (Å²) in [6, 6.07) is 0. The van der Waals surface area contributed by atoms with Gasteiger partial charge in [0.15, 0.2) is 0 Å². The second-order valence-electron chi connectivity index (χ2n) is 3.70. The van der Waals surface area contributed by atoms with Gasteiger partial charge in [-0.25, -0.2) is 0 Å². The van der Waals surface area contributed by atoms with E-state index >= 15 is 0 Å². The molecular weight excluding hydrogens is 269 g/mol. The molecule has 0 aromatic rings. The Kier molecular flexibility index (Phi) is 7.85. The van der Waals surface area contributed by atoms with Crippen LogP contribution in [-0.4, -0.2) is 48.3 Å². The van der Waals surface area contributed by atoms with Crippen molar-refractivity contribution in [3.8, 4) is 0 Å². The molecule has 0 radical (unpaired) electrons. The van der Waals surface area contributed by atoms with Gasteiger partial charge in [0.2, 0.25) is 5.91 Å². The first-order valence-corrected chi connectivity index (χ1v) is 5.87. The van der Waals surface area contributed by atoms with E-state index in [4.69, 9.17) is 18.0 Å². The molecule has 0 rings (SSSR count). The Balaban J connectivity index is 3.99. The van der Waals surface area contributed by atoms with Crippen LogP contribution >= 0.6 is 12.2 Å². The van der Waals surface area contributed by atoms with Crippen LogP contribution < -0.4 is 5.73 Å². The Hall–Kier alpha value is -0.890. The fraction of sp³-hybridized carbons (Fsp3) is 0.800. The Morgan fingerprint density at radius 1 is 1.44 bits per heavy atom. The number of ether oxygens (including phenoxy) is 1. The number of carbonyl (C=O) groups excluding carboxylic acids is 1. The smallest absolute Gasteiger partial charge is 0.392 e. The van der Waals surface area contributed by atoms with E-state index < -0.39 is 12.8 Å². The van der Waals surface area contributed by atoms with Crippen LogP contribution in [0.2, 0.25) is 0 Å². The van der Waals surface area contributed by atoms with Gasteiger partial charge in [0.05, 0.1) is 24.6 Å². The highest BCUT2D eigenvalue weighted by Gasteiger charge is 2.27. The molecule has 0 spiro atoms. The number of hydrogen-bond acceptors (Lipinski definition) is 3. The molecule has 0 aliphatic rings. The topological polar surface area (TPSA) is 55.6 Å². The molecule has 8 heteroatoms. The number of nitrogens with two attached hydrogens (primary N) is 1. The molecule has 0 aromatic heterocycles. The molecule has 0 heterocycles. The van der Waals surface area contributed by atoms with Crippen molar-refractivity contribution in [2.75, 3.05) is 26.3 Å². The number of hydrogen-bond donors (Lipinski definition) is 1. The van der Waals surface area contributed by atoms with E-state index in [0.717, 1.165) is 6.42 Å². The van der Waals surface area contributed by atoms with Crippen molar-refractivity contribution in [2.45, 2.75) is 25.9 Å². The fourth-order valence-electron chi connectivity index (χ4n) is 1.26. The van der Waals surface area contributed by atoms with Gasteiger partial charge in [-0.2, -0.15) is 13.2 Å². The van der Waals surface area contributed by atoms with Crippen molar-refractivity contribution in [3.63, 3.8) is 0 Å². The fourth-order valence-corrected chi connectivity index (χ4v) is 1.41. The van der Waals surface area contributed by atoms with Crippen molar-refractivity contribution in [3.05, 3.63) is 0 Å². The van der Waals surface area contributed by atoms with Crippen LogP contribution in [0, 0.1) is 0 Å². The van der Waals surface area contributed by atoms with Gasteiger partial charge < -0.3 is 15.4 Å². The number of nitrogens with zero attached hydrogens (tertiary/aromatic N) is 1. The van der Waals surface area contributed by atoms with E-state index in [0.29, 0.717) is 6.54 Å². The first-order valence-electron chi connectivity index (χ1n) is 5.47. The van der Waals surface area contributed by atoms with Crippen molar-refractivity contribution in [1.82, 2.24) is 4.90 Å². The molecule has 106 valence electrons. The molecule has 0 aliphatic carbocycles. The van der Waals surface area contributed by atoms with Gasteiger partial charge in [-0.15, -0.1) is 0 Å². The summed E-state index contributed by atoms with van der Waals surface area (Å²) in [5.74, 6) is -0.313. The highest BCUT2D eigenvalue weighted by molar-refractivity contribution is 7.80. The third-order valence-corrected chi connectivity index (χ3v) is 2.05. The monoisotopic (exact) mass is 286 g/mol. The maximum atomic E-state index is 11.8. The lowest BCUT2D eigenvalue weighted by molar-refractivity contribution is -0.175. The highest BCUT2D eigenvalue weighted by atomic mass is 32.1. The van der Waals surface area contributed by atoms with Crippen LogP contribution in [0.15, 0.2) is 0 Å². The molecule has 0 atom stereocenters. The van der Waals surface area contributed by atoms with Crippen molar-refractivity contribution in [2.24, 2.45) is 5.73 Å². The minimum atomic E-state index is -4.37. The summed E-state index contributed by atoms with van der Waals surface area (Å²) in [7, 11) is 0. The molecule has 2 N–H and O–H groups in total. The Bertz CT molecular complexity index is 285. The quantitative estimate of drug-likeness (QED) is 0.542. The van der Waals surface area contributed by atoms with Gasteiger partial charge in [-0.3, -0.25) is 4.79 Å². The lowest BCUT2D eigenvalue weighted by atomic mass is 10.3. The molecule has 1 amide bonds. The molecule has 0 saturated heterocycles. The number of amides is 1. The van der Waals surface area contributed by atoms with Gasteiger partial charge in [0, 0.05) is 6.54 Å². The van der Waals surface area contributed by atoms with Crippen LogP contribution in [0.5, 0.6) is 0 Å². The zero-order valence-corrected chi connectivity index (χ0v) is 10.9. The number of rotatable bonds is 8. The zero-order valence-electron chi connectivity index (χ0n) is 10.1. The lowest BCUT2D eigenvalue weighted by Crippen LogP contribution is -2.38. The van der Waals surface area contributed by atoms with Gasteiger partial charge >= 0.3 is 6.18 Å². The Labute approximate surface area is 109 Å². The molecule has 0 aromatic carbocycles. The predicted molar refractivity (Wildman–Crippen MR) is 65.1 cm³/mol. The average molecular weight is 286 g/mol. The van der Waals surface area contributed by atoms with Crippen LogP contribution in [0.4, 0.5) is 13.2 Å². The van der Waals surface area contributed by atoms with Crippen LogP contribution in [0.3, 0.4) is 0 Å². The van der Waals surface area contributed by atoms with Gasteiger partial charge in [0.25, 0.3) is 0 Å². The van der Waals surface area contributed by atoms with Crippen molar-refractivity contribution < 1.29 is 22.7 Å². The summed E-state index contributed by atoms with van der Waals surface area (Å²) in [5.41, 5.74) is 5.33. The summed E-state index contributed by atoms with van der Waals surface area (Å²) in [6.07, 6.45) is -3.76. The highest BCUT2D eigenvalue weighted by Crippen LogP contribution is 2.14. The van der Waals surface area contributed by atoms with E-state index in [1.54, 1.807) is 0 Å². The molecule has 0 bridgehead atoms. The van der Waals surface area contributed by atoms with Crippen molar-refractivity contribution in [1.29, 1.82) is 0 Å². The number of alkyl halides is 3. The summed E-state index contributed by atoms with van der Waals surface area (Å²) in [4.78, 5) is 13.2. The molecule has 18 heavy (non-hydrogen) atoms. The largest absolute Gasteiger partial charge is 0.411 e. The van der Waals surface area contributed by atoms with Crippen molar-refractivity contribution >= 4 is 23.1 Å². The summed E-state index contributed by atoms with van der Waals surface area (Å²) in [6.45, 7) is 0.871. The van der Waals surface area contributed by atoms with Crippen LogP contribution in [0.25, 0.3) is 0 Å². The van der Waals surface area contributed by atoms with E-state index in [1.807, 2.05) is 6.92 Å². The summed E-state index contributed by atoms with van der Waals surface area (Å²) in [5, 5.41) is 0. The average Bonchev–Trinajstić information content (AvgIpc) is 2.21. The predicted octanol–water partition coefficient (Wildman–Crippen LogP) is 1.48. The second-order valence-corrected chi connectivity index (χ2v) is 4.22. The molecule has 0 saturated carbocycles. The normalized spacial score (nSPS) is 11.3. The standard InChI is InChI=1S/C10H17F3N2O2S/c1-2-4-15(6-8(14)18)9(16)3-5-17-7-10(11,12)13/h2-7H2,1H3,(H2,14,18). The minimum Gasteiger partial charge on any atom is -0.392 e. The van der Waals surface area contributed by atoms with E-state index in [-0.39, 0.29) is 30.5 Å². The number of halogens is 3. The maximum Gasteiger partial charge on any atom is 0.411 e. The summed E-state index contributed by atoms with van der Waals surface area (Å²) >= 11 is 4.69. The molecule has 0 aliphatic heterocycles. The Morgan fingerprint density at radius 2 is 2.06 bits per heavy atom. The lowest BCUT2D eigenvalue weighted by Gasteiger charge is -2.21. The molecule has 4 nitrogen and oxygen atoms in total. The van der Waals surface area contributed by atoms with Gasteiger partial charge in [0.1, 0.15) is 6.61 Å². The first kappa shape index (κ1) is 17.1. The Morgan fingerprint density at radius 3 is 2.50 bits per heavy atom. The van der Waals surface area contributed by atoms with E-state index in [9.17, 15) is 18.0 Å². The van der Waals surface area contributed by atoms with Gasteiger partial charge in [-0.1, -0.05) is 19.1 Å². The summed E-state index contributed by atoms with van der Waals surface area (Å²) < 4.78 is 39.7. The number of carbonyl (C=O) groups is 1. The molecule has 0 unspecified atom stereocenters.